The lowest BCUT2D eigenvalue weighted by atomic mass is 9.74. The molecule has 1 aliphatic heterocycles. The van der Waals surface area contributed by atoms with Gasteiger partial charge in [0.25, 0.3) is 5.91 Å². The molecule has 3 unspecified atom stereocenters. The van der Waals surface area contributed by atoms with Gasteiger partial charge in [0.2, 0.25) is 0 Å². The van der Waals surface area contributed by atoms with Crippen molar-refractivity contribution in [3.8, 4) is 0 Å². The van der Waals surface area contributed by atoms with Crippen molar-refractivity contribution in [1.29, 1.82) is 0 Å². The molecule has 7 heteroatoms. The first-order valence-corrected chi connectivity index (χ1v) is 12.4. The number of carbonyl (C=O) groups excluding carboxylic acids is 1. The highest BCUT2D eigenvalue weighted by Crippen LogP contribution is 2.47. The third-order valence-corrected chi connectivity index (χ3v) is 8.29. The Morgan fingerprint density at radius 3 is 2.72 bits per heavy atom. The molecule has 29 heavy (non-hydrogen) atoms. The van der Waals surface area contributed by atoms with Crippen molar-refractivity contribution in [1.82, 2.24) is 9.99 Å². The van der Waals surface area contributed by atoms with Crippen LogP contribution in [0.1, 0.15) is 50.9 Å². The standard InChI is InChI=1S/C22H21N3OS3/c1-13-9-15(11-16-5-3-7-27-16)19-17(10-13)20(18-6-4-8-28-18)25(24-19)22(26)21-14(2)23-12-29-21/h3-8,11-13,17,20H,9-10H2,1-2H3/b15-11-. The molecule has 1 amide bonds. The molecule has 0 radical (unpaired) electrons. The zero-order valence-corrected chi connectivity index (χ0v) is 18.7. The number of thiazole rings is 1. The summed E-state index contributed by atoms with van der Waals surface area (Å²) in [4.78, 5) is 20.9. The smallest absolute Gasteiger partial charge is 0.266 e. The third-order valence-electron chi connectivity index (χ3n) is 5.61. The number of hydrazone groups is 1. The van der Waals surface area contributed by atoms with Gasteiger partial charge < -0.3 is 0 Å². The van der Waals surface area contributed by atoms with Gasteiger partial charge in [0, 0.05) is 15.7 Å². The van der Waals surface area contributed by atoms with E-state index in [1.165, 1.54) is 26.7 Å². The minimum absolute atomic E-state index is 0.0338. The summed E-state index contributed by atoms with van der Waals surface area (Å²) in [7, 11) is 0. The number of hydrogen-bond acceptors (Lipinski definition) is 6. The molecule has 0 aromatic carbocycles. The van der Waals surface area contributed by atoms with Crippen molar-refractivity contribution in [3.63, 3.8) is 0 Å². The highest BCUT2D eigenvalue weighted by molar-refractivity contribution is 7.12. The summed E-state index contributed by atoms with van der Waals surface area (Å²) in [5.41, 5.74) is 4.88. The SMILES string of the molecule is Cc1ncsc1C(=O)N1N=C2/C(=C\c3cccs3)CC(C)CC2C1c1cccs1. The van der Waals surface area contributed by atoms with Crippen LogP contribution in [0.15, 0.2) is 51.2 Å². The van der Waals surface area contributed by atoms with E-state index in [4.69, 9.17) is 5.10 Å². The second kappa shape index (κ2) is 7.63. The summed E-state index contributed by atoms with van der Waals surface area (Å²) in [5.74, 6) is 0.766. The van der Waals surface area contributed by atoms with Crippen LogP contribution in [-0.4, -0.2) is 21.6 Å². The Labute approximate surface area is 182 Å². The summed E-state index contributed by atoms with van der Waals surface area (Å²) in [5, 5.41) is 10.9. The number of hydrogen-bond donors (Lipinski definition) is 0. The van der Waals surface area contributed by atoms with Gasteiger partial charge in [0.1, 0.15) is 4.88 Å². The minimum atomic E-state index is -0.0339. The van der Waals surface area contributed by atoms with Crippen molar-refractivity contribution < 1.29 is 4.79 Å². The van der Waals surface area contributed by atoms with Crippen molar-refractivity contribution in [3.05, 3.63) is 66.4 Å². The number of nitrogens with zero attached hydrogens (tertiary/aromatic N) is 3. The van der Waals surface area contributed by atoms with Crippen LogP contribution in [0.3, 0.4) is 0 Å². The van der Waals surface area contributed by atoms with Crippen LogP contribution >= 0.6 is 34.0 Å². The molecule has 4 heterocycles. The van der Waals surface area contributed by atoms with E-state index in [0.29, 0.717) is 10.8 Å². The predicted octanol–water partition coefficient (Wildman–Crippen LogP) is 6.26. The molecule has 3 aromatic rings. The third kappa shape index (κ3) is 3.41. The lowest BCUT2D eigenvalue weighted by Gasteiger charge is -2.31. The van der Waals surface area contributed by atoms with Gasteiger partial charge in [-0.05, 0) is 60.2 Å². The number of aromatic nitrogens is 1. The van der Waals surface area contributed by atoms with Crippen molar-refractivity contribution in [2.45, 2.75) is 32.7 Å². The van der Waals surface area contributed by atoms with E-state index in [1.807, 2.05) is 6.92 Å². The maximum atomic E-state index is 13.5. The van der Waals surface area contributed by atoms with E-state index >= 15 is 0 Å². The normalized spacial score (nSPS) is 25.3. The van der Waals surface area contributed by atoms with Gasteiger partial charge in [-0.1, -0.05) is 19.1 Å². The van der Waals surface area contributed by atoms with E-state index in [2.05, 4.69) is 53.0 Å². The van der Waals surface area contributed by atoms with Gasteiger partial charge in [-0.25, -0.2) is 9.99 Å². The molecule has 5 rings (SSSR count). The van der Waals surface area contributed by atoms with Crippen LogP contribution in [0.2, 0.25) is 0 Å². The van der Waals surface area contributed by atoms with E-state index in [-0.39, 0.29) is 17.9 Å². The van der Waals surface area contributed by atoms with Gasteiger partial charge in [0.05, 0.1) is 23.0 Å². The lowest BCUT2D eigenvalue weighted by molar-refractivity contribution is 0.0684. The second-order valence-corrected chi connectivity index (χ2v) is 10.5. The first kappa shape index (κ1) is 18.9. The number of aryl methyl sites for hydroxylation is 1. The van der Waals surface area contributed by atoms with E-state index < -0.39 is 0 Å². The quantitative estimate of drug-likeness (QED) is 0.484. The molecule has 4 nitrogen and oxygen atoms in total. The van der Waals surface area contributed by atoms with Crippen LogP contribution in [0.25, 0.3) is 6.08 Å². The first-order valence-electron chi connectivity index (χ1n) is 9.72. The average Bonchev–Trinajstić information content (AvgIpc) is 3.48. The van der Waals surface area contributed by atoms with Crippen LogP contribution < -0.4 is 0 Å². The number of allylic oxidation sites excluding steroid dienone is 1. The van der Waals surface area contributed by atoms with Gasteiger partial charge >= 0.3 is 0 Å². The van der Waals surface area contributed by atoms with E-state index in [9.17, 15) is 4.79 Å². The highest BCUT2D eigenvalue weighted by atomic mass is 32.1. The molecule has 0 bridgehead atoms. The van der Waals surface area contributed by atoms with Gasteiger partial charge in [-0.2, -0.15) is 5.10 Å². The van der Waals surface area contributed by atoms with Crippen LogP contribution in [-0.2, 0) is 0 Å². The number of fused-ring (bicyclic) bond motifs is 1. The van der Waals surface area contributed by atoms with Gasteiger partial charge in [-0.15, -0.1) is 34.0 Å². The Morgan fingerprint density at radius 1 is 1.21 bits per heavy atom. The molecule has 2 aliphatic rings. The molecule has 1 aliphatic carbocycles. The zero-order valence-electron chi connectivity index (χ0n) is 16.2. The summed E-state index contributed by atoms with van der Waals surface area (Å²) in [6, 6.07) is 8.38. The molecule has 3 aromatic heterocycles. The Bertz CT molecular complexity index is 1080. The maximum absolute atomic E-state index is 13.5. The number of amides is 1. The van der Waals surface area contributed by atoms with E-state index in [0.717, 1.165) is 24.2 Å². The van der Waals surface area contributed by atoms with Crippen molar-refractivity contribution in [2.24, 2.45) is 16.9 Å². The molecule has 0 N–H and O–H groups in total. The molecule has 0 spiro atoms. The molecule has 1 fully saturated rings. The molecular weight excluding hydrogens is 418 g/mol. The fourth-order valence-electron chi connectivity index (χ4n) is 4.35. The van der Waals surface area contributed by atoms with Crippen molar-refractivity contribution in [2.75, 3.05) is 0 Å². The number of rotatable bonds is 3. The fourth-order valence-corrected chi connectivity index (χ4v) is 6.64. The topological polar surface area (TPSA) is 45.6 Å². The molecule has 3 atom stereocenters. The molecule has 1 saturated carbocycles. The molecule has 148 valence electrons. The zero-order chi connectivity index (χ0) is 20.0. The summed E-state index contributed by atoms with van der Waals surface area (Å²) < 4.78 is 0. The lowest BCUT2D eigenvalue weighted by Crippen LogP contribution is -2.32. The summed E-state index contributed by atoms with van der Waals surface area (Å²) >= 11 is 4.85. The average molecular weight is 440 g/mol. The molecule has 0 saturated heterocycles. The van der Waals surface area contributed by atoms with Gasteiger partial charge in [0.15, 0.2) is 0 Å². The van der Waals surface area contributed by atoms with Crippen molar-refractivity contribution >= 4 is 51.7 Å². The summed E-state index contributed by atoms with van der Waals surface area (Å²) in [6.45, 7) is 4.20. The number of carbonyl (C=O) groups is 1. The largest absolute Gasteiger partial charge is 0.286 e. The maximum Gasteiger partial charge on any atom is 0.286 e. The Balaban J connectivity index is 1.60. The Morgan fingerprint density at radius 2 is 2.03 bits per heavy atom. The minimum Gasteiger partial charge on any atom is -0.266 e. The summed E-state index contributed by atoms with van der Waals surface area (Å²) in [6.07, 6.45) is 4.32. The Kier molecular flexibility index (Phi) is 4.97. The number of thiophene rings is 2. The fraction of sp³-hybridized carbons (Fsp3) is 0.318. The highest BCUT2D eigenvalue weighted by Gasteiger charge is 2.46. The van der Waals surface area contributed by atoms with Crippen LogP contribution in [0.4, 0.5) is 0 Å². The Hall–Kier alpha value is -2.09. The second-order valence-electron chi connectivity index (χ2n) is 7.70. The van der Waals surface area contributed by atoms with E-state index in [1.54, 1.807) is 33.2 Å². The van der Waals surface area contributed by atoms with Gasteiger partial charge in [-0.3, -0.25) is 4.79 Å². The van der Waals surface area contributed by atoms with Crippen LogP contribution in [0, 0.1) is 18.8 Å². The first-order chi connectivity index (χ1) is 14.1. The predicted molar refractivity (Wildman–Crippen MR) is 122 cm³/mol. The molecular formula is C22H21N3OS3. The van der Waals surface area contributed by atoms with Crippen LogP contribution in [0.5, 0.6) is 0 Å². The monoisotopic (exact) mass is 439 g/mol.